The minimum Gasteiger partial charge on any atom is -0.481 e. The fourth-order valence-electron chi connectivity index (χ4n) is 1.70. The van der Waals surface area contributed by atoms with E-state index in [-0.39, 0.29) is 12.6 Å². The van der Waals surface area contributed by atoms with Crippen molar-refractivity contribution >= 4 is 12.0 Å². The van der Waals surface area contributed by atoms with Gasteiger partial charge in [0.05, 0.1) is 5.41 Å². The summed E-state index contributed by atoms with van der Waals surface area (Å²) in [5, 5.41) is 14.4. The van der Waals surface area contributed by atoms with Crippen LogP contribution >= 0.6 is 0 Å². The van der Waals surface area contributed by atoms with E-state index in [1.807, 2.05) is 0 Å². The predicted octanol–water partition coefficient (Wildman–Crippen LogP) is 0.187. The Morgan fingerprint density at radius 2 is 1.94 bits per heavy atom. The van der Waals surface area contributed by atoms with Crippen LogP contribution in [0.15, 0.2) is 0 Å². The minimum atomic E-state index is -0.872. The molecular formula is C10H18N2O4. The van der Waals surface area contributed by atoms with Gasteiger partial charge in [0.25, 0.3) is 0 Å². The number of nitrogens with one attached hydrogen (secondary N) is 2. The van der Waals surface area contributed by atoms with Crippen molar-refractivity contribution in [3.05, 3.63) is 0 Å². The van der Waals surface area contributed by atoms with Gasteiger partial charge in [0.15, 0.2) is 0 Å². The highest BCUT2D eigenvalue weighted by atomic mass is 16.5. The summed E-state index contributed by atoms with van der Waals surface area (Å²) in [5.41, 5.74) is -0.872. The van der Waals surface area contributed by atoms with Gasteiger partial charge in [-0.3, -0.25) is 4.79 Å². The molecule has 0 unspecified atom stereocenters. The Hall–Kier alpha value is -1.30. The van der Waals surface area contributed by atoms with Crippen LogP contribution in [0.4, 0.5) is 4.79 Å². The Balaban J connectivity index is 2.51. The zero-order valence-electron chi connectivity index (χ0n) is 9.41. The molecule has 0 aromatic carbocycles. The van der Waals surface area contributed by atoms with E-state index in [0.717, 1.165) is 0 Å². The molecule has 0 atom stereocenters. The van der Waals surface area contributed by atoms with Gasteiger partial charge in [-0.15, -0.1) is 0 Å². The lowest BCUT2D eigenvalue weighted by molar-refractivity contribution is -0.154. The first-order valence-corrected chi connectivity index (χ1v) is 5.43. The first kappa shape index (κ1) is 12.8. The number of ether oxygens (including phenoxy) is 1. The van der Waals surface area contributed by atoms with Crippen LogP contribution in [0.3, 0.4) is 0 Å². The Morgan fingerprint density at radius 1 is 1.31 bits per heavy atom. The van der Waals surface area contributed by atoms with Gasteiger partial charge in [0.2, 0.25) is 0 Å². The number of carboxylic acid groups (broad SMARTS) is 1. The second-order valence-corrected chi connectivity index (χ2v) is 3.91. The molecule has 1 aliphatic rings. The van der Waals surface area contributed by atoms with E-state index >= 15 is 0 Å². The smallest absolute Gasteiger partial charge is 0.314 e. The van der Waals surface area contributed by atoms with Gasteiger partial charge in [0, 0.05) is 26.3 Å². The van der Waals surface area contributed by atoms with Crippen LogP contribution in [0.5, 0.6) is 0 Å². The molecule has 1 rings (SSSR count). The molecule has 1 fully saturated rings. The van der Waals surface area contributed by atoms with E-state index in [9.17, 15) is 14.7 Å². The number of rotatable bonds is 4. The van der Waals surface area contributed by atoms with E-state index in [1.54, 1.807) is 6.92 Å². The number of carboxylic acids is 1. The first-order chi connectivity index (χ1) is 7.60. The zero-order valence-corrected chi connectivity index (χ0v) is 9.41. The average molecular weight is 230 g/mol. The van der Waals surface area contributed by atoms with Crippen molar-refractivity contribution in [2.45, 2.75) is 19.8 Å². The summed E-state index contributed by atoms with van der Waals surface area (Å²) in [6.45, 7) is 3.35. The second-order valence-electron chi connectivity index (χ2n) is 3.91. The molecule has 1 saturated heterocycles. The number of hydrogen-bond acceptors (Lipinski definition) is 3. The highest BCUT2D eigenvalue weighted by molar-refractivity contribution is 5.78. The lowest BCUT2D eigenvalue weighted by Gasteiger charge is -2.33. The average Bonchev–Trinajstić information content (AvgIpc) is 2.28. The van der Waals surface area contributed by atoms with E-state index in [4.69, 9.17) is 4.74 Å². The van der Waals surface area contributed by atoms with Crippen LogP contribution in [-0.4, -0.2) is 43.4 Å². The molecule has 0 bridgehead atoms. The summed E-state index contributed by atoms with van der Waals surface area (Å²) in [7, 11) is 0. The van der Waals surface area contributed by atoms with E-state index in [0.29, 0.717) is 32.6 Å². The maximum Gasteiger partial charge on any atom is 0.314 e. The first-order valence-electron chi connectivity index (χ1n) is 5.43. The van der Waals surface area contributed by atoms with Gasteiger partial charge in [-0.2, -0.15) is 0 Å². The fourth-order valence-corrected chi connectivity index (χ4v) is 1.70. The molecule has 2 amide bonds. The quantitative estimate of drug-likeness (QED) is 0.643. The molecule has 3 N–H and O–H groups in total. The Morgan fingerprint density at radius 3 is 2.44 bits per heavy atom. The summed E-state index contributed by atoms with van der Waals surface area (Å²) in [6, 6.07) is -0.324. The Bertz CT molecular complexity index is 262. The predicted molar refractivity (Wildman–Crippen MR) is 57.2 cm³/mol. The largest absolute Gasteiger partial charge is 0.481 e. The van der Waals surface area contributed by atoms with Crippen LogP contribution in [0.2, 0.25) is 0 Å². The maximum atomic E-state index is 11.2. The summed E-state index contributed by atoms with van der Waals surface area (Å²) in [4.78, 5) is 22.4. The highest BCUT2D eigenvalue weighted by Gasteiger charge is 2.40. The van der Waals surface area contributed by atoms with Gasteiger partial charge in [-0.25, -0.2) is 4.79 Å². The van der Waals surface area contributed by atoms with Gasteiger partial charge >= 0.3 is 12.0 Å². The standard InChI is InChI=1S/C10H18N2O4/c1-2-11-9(15)12-7-10(8(13)14)3-5-16-6-4-10/h2-7H2,1H3,(H,13,14)(H2,11,12,15). The van der Waals surface area contributed by atoms with Crippen LogP contribution in [-0.2, 0) is 9.53 Å². The van der Waals surface area contributed by atoms with Crippen molar-refractivity contribution in [1.82, 2.24) is 10.6 Å². The lowest BCUT2D eigenvalue weighted by atomic mass is 9.80. The molecule has 92 valence electrons. The second kappa shape index (κ2) is 5.69. The molecule has 0 saturated carbocycles. The Kier molecular flexibility index (Phi) is 4.54. The van der Waals surface area contributed by atoms with Crippen molar-refractivity contribution in [3.8, 4) is 0 Å². The van der Waals surface area contributed by atoms with Gasteiger partial charge in [-0.1, -0.05) is 0 Å². The third-order valence-electron chi connectivity index (χ3n) is 2.83. The van der Waals surface area contributed by atoms with Crippen molar-refractivity contribution < 1.29 is 19.4 Å². The van der Waals surface area contributed by atoms with Gasteiger partial charge < -0.3 is 20.5 Å². The molecular weight excluding hydrogens is 212 g/mol. The van der Waals surface area contributed by atoms with Gasteiger partial charge in [0.1, 0.15) is 0 Å². The molecule has 0 spiro atoms. The molecule has 0 radical (unpaired) electrons. The molecule has 0 aromatic heterocycles. The number of carbonyl (C=O) groups excluding carboxylic acids is 1. The number of hydrogen-bond donors (Lipinski definition) is 3. The van der Waals surface area contributed by atoms with Crippen molar-refractivity contribution in [2.24, 2.45) is 5.41 Å². The molecule has 6 heteroatoms. The Labute approximate surface area is 94.3 Å². The topological polar surface area (TPSA) is 87.7 Å². The molecule has 6 nitrogen and oxygen atoms in total. The summed E-state index contributed by atoms with van der Waals surface area (Å²) < 4.78 is 5.14. The van der Waals surface area contributed by atoms with Crippen LogP contribution < -0.4 is 10.6 Å². The molecule has 0 aromatic rings. The fraction of sp³-hybridized carbons (Fsp3) is 0.800. The summed E-state index contributed by atoms with van der Waals surface area (Å²) in [6.07, 6.45) is 0.878. The number of carbonyl (C=O) groups is 2. The zero-order chi connectivity index (χ0) is 12.0. The normalized spacial score (nSPS) is 18.8. The third-order valence-corrected chi connectivity index (χ3v) is 2.83. The van der Waals surface area contributed by atoms with Crippen molar-refractivity contribution in [3.63, 3.8) is 0 Å². The van der Waals surface area contributed by atoms with Crippen LogP contribution in [0, 0.1) is 5.41 Å². The van der Waals surface area contributed by atoms with Gasteiger partial charge in [-0.05, 0) is 19.8 Å². The number of amides is 2. The monoisotopic (exact) mass is 230 g/mol. The van der Waals surface area contributed by atoms with E-state index in [1.165, 1.54) is 0 Å². The molecule has 1 heterocycles. The minimum absolute atomic E-state index is 0.150. The third kappa shape index (κ3) is 3.10. The maximum absolute atomic E-state index is 11.2. The number of aliphatic carboxylic acids is 1. The summed E-state index contributed by atoms with van der Waals surface area (Å²) in [5.74, 6) is -0.868. The highest BCUT2D eigenvalue weighted by Crippen LogP contribution is 2.29. The SMILES string of the molecule is CCNC(=O)NCC1(C(=O)O)CCOCC1. The molecule has 1 aliphatic heterocycles. The number of urea groups is 1. The van der Waals surface area contributed by atoms with Crippen molar-refractivity contribution in [1.29, 1.82) is 0 Å². The summed E-state index contributed by atoms with van der Waals surface area (Å²) >= 11 is 0. The van der Waals surface area contributed by atoms with Crippen molar-refractivity contribution in [2.75, 3.05) is 26.3 Å². The van der Waals surface area contributed by atoms with E-state index in [2.05, 4.69) is 10.6 Å². The van der Waals surface area contributed by atoms with E-state index < -0.39 is 11.4 Å². The molecule has 0 aliphatic carbocycles. The molecule has 16 heavy (non-hydrogen) atoms. The lowest BCUT2D eigenvalue weighted by Crippen LogP contribution is -2.48. The van der Waals surface area contributed by atoms with Crippen LogP contribution in [0.25, 0.3) is 0 Å². The van der Waals surface area contributed by atoms with Crippen LogP contribution in [0.1, 0.15) is 19.8 Å².